The molecule has 2 aromatic rings. The number of hydrogen-bond acceptors (Lipinski definition) is 3. The van der Waals surface area contributed by atoms with Crippen LogP contribution in [0.1, 0.15) is 37.7 Å². The number of piperidine rings is 1. The minimum Gasteiger partial charge on any atom is -0.303 e. The lowest BCUT2D eigenvalue weighted by Crippen LogP contribution is -2.53. The second kappa shape index (κ2) is 7.64. The third kappa shape index (κ3) is 3.95. The summed E-state index contributed by atoms with van der Waals surface area (Å²) in [6.45, 7) is 0.729. The number of nitrogens with zero attached hydrogens (tertiary/aromatic N) is 3. The van der Waals surface area contributed by atoms with E-state index in [1.165, 1.54) is 17.7 Å². The second-order valence-corrected chi connectivity index (χ2v) is 7.41. The molecule has 27 heavy (non-hydrogen) atoms. The highest BCUT2D eigenvalue weighted by molar-refractivity contribution is 5.97. The molecular weight excluding hydrogens is 343 g/mol. The van der Waals surface area contributed by atoms with Crippen molar-refractivity contribution in [1.82, 2.24) is 15.1 Å². The first kappa shape index (κ1) is 17.9. The molecule has 142 valence electrons. The molecule has 0 bridgehead atoms. The highest BCUT2D eigenvalue weighted by Crippen LogP contribution is 2.28. The predicted octanol–water partition coefficient (Wildman–Crippen LogP) is 3.28. The third-order valence-electron chi connectivity index (χ3n) is 5.48. The summed E-state index contributed by atoms with van der Waals surface area (Å²) in [7, 11) is 1.86. The quantitative estimate of drug-likeness (QED) is 0.901. The Morgan fingerprint density at radius 2 is 2.00 bits per heavy atom. The molecule has 1 saturated heterocycles. The third-order valence-corrected chi connectivity index (χ3v) is 5.48. The molecule has 5 nitrogen and oxygen atoms in total. The molecule has 1 aliphatic heterocycles. The maximum atomic E-state index is 13.1. The molecule has 2 atom stereocenters. The Morgan fingerprint density at radius 3 is 2.67 bits per heavy atom. The fourth-order valence-corrected chi connectivity index (χ4v) is 4.00. The average molecular weight is 368 g/mol. The Hall–Kier alpha value is -2.47. The van der Waals surface area contributed by atoms with Crippen LogP contribution in [-0.4, -0.2) is 34.3 Å². The number of amides is 1. The minimum absolute atomic E-state index is 0.119. The average Bonchev–Trinajstić information content (AvgIpc) is 3.11. The van der Waals surface area contributed by atoms with E-state index in [9.17, 15) is 9.18 Å². The zero-order valence-corrected chi connectivity index (χ0v) is 15.6. The number of benzene rings is 1. The Bertz CT molecular complexity index is 842. The van der Waals surface area contributed by atoms with Gasteiger partial charge in [-0.05, 0) is 55.4 Å². The van der Waals surface area contributed by atoms with Gasteiger partial charge in [-0.2, -0.15) is 5.10 Å². The summed E-state index contributed by atoms with van der Waals surface area (Å²) in [5.41, 5.74) is 2.35. The lowest BCUT2D eigenvalue weighted by Gasteiger charge is -2.34. The lowest BCUT2D eigenvalue weighted by molar-refractivity contribution is -0.122. The maximum absolute atomic E-state index is 13.1. The standard InChI is InChI=1S/C21H25FN4O/c1-25-14-12-20(24-25)26-13-2-3-19(21(26)27)23-18-10-6-16(7-11-18)15-4-8-17(22)9-5-15/h4-6,8-9,12,14,18-19,23H,2-3,7,10-11,13H2,1H3/t18-,19+/m1/s1. The van der Waals surface area contributed by atoms with Crippen LogP contribution in [0, 0.1) is 5.82 Å². The summed E-state index contributed by atoms with van der Waals surface area (Å²) >= 11 is 0. The van der Waals surface area contributed by atoms with E-state index < -0.39 is 0 Å². The summed E-state index contributed by atoms with van der Waals surface area (Å²) in [5.74, 6) is 0.646. The molecule has 1 fully saturated rings. The van der Waals surface area contributed by atoms with Gasteiger partial charge in [-0.1, -0.05) is 18.2 Å². The summed E-state index contributed by atoms with van der Waals surface area (Å²) in [6, 6.07) is 8.73. The molecular formula is C21H25FN4O. The number of halogens is 1. The van der Waals surface area contributed by atoms with Crippen molar-refractivity contribution in [2.45, 2.75) is 44.2 Å². The van der Waals surface area contributed by atoms with Gasteiger partial charge in [0.05, 0.1) is 6.04 Å². The van der Waals surface area contributed by atoms with Gasteiger partial charge in [-0.25, -0.2) is 4.39 Å². The second-order valence-electron chi connectivity index (χ2n) is 7.41. The van der Waals surface area contributed by atoms with Crippen LogP contribution in [-0.2, 0) is 11.8 Å². The van der Waals surface area contributed by atoms with Crippen LogP contribution in [0.2, 0.25) is 0 Å². The SMILES string of the molecule is Cn1ccc(N2CCC[C@H](N[C@@H]3CC=C(c4ccc(F)cc4)CC3)C2=O)n1. The first-order chi connectivity index (χ1) is 13.1. The van der Waals surface area contributed by atoms with Gasteiger partial charge in [-0.3, -0.25) is 14.4 Å². The first-order valence-electron chi connectivity index (χ1n) is 9.62. The molecule has 1 aromatic heterocycles. The van der Waals surface area contributed by atoms with Crippen molar-refractivity contribution in [3.63, 3.8) is 0 Å². The Balaban J connectivity index is 1.38. The van der Waals surface area contributed by atoms with E-state index >= 15 is 0 Å². The Morgan fingerprint density at radius 1 is 1.19 bits per heavy atom. The number of carbonyl (C=O) groups excluding carboxylic acids is 1. The van der Waals surface area contributed by atoms with Crippen molar-refractivity contribution in [1.29, 1.82) is 0 Å². The van der Waals surface area contributed by atoms with Crippen LogP contribution < -0.4 is 10.2 Å². The summed E-state index contributed by atoms with van der Waals surface area (Å²) < 4.78 is 14.8. The molecule has 1 aliphatic carbocycles. The van der Waals surface area contributed by atoms with Gasteiger partial charge in [0, 0.05) is 31.9 Å². The van der Waals surface area contributed by atoms with Crippen LogP contribution in [0.15, 0.2) is 42.6 Å². The van der Waals surface area contributed by atoms with Gasteiger partial charge >= 0.3 is 0 Å². The largest absolute Gasteiger partial charge is 0.303 e. The van der Waals surface area contributed by atoms with Crippen molar-refractivity contribution in [3.05, 3.63) is 54.0 Å². The number of aryl methyl sites for hydroxylation is 1. The van der Waals surface area contributed by atoms with E-state index in [-0.39, 0.29) is 17.8 Å². The highest BCUT2D eigenvalue weighted by atomic mass is 19.1. The Kier molecular flexibility index (Phi) is 5.07. The number of allylic oxidation sites excluding steroid dienone is 1. The van der Waals surface area contributed by atoms with E-state index in [0.29, 0.717) is 6.04 Å². The molecule has 1 amide bonds. The molecule has 0 unspecified atom stereocenters. The van der Waals surface area contributed by atoms with Crippen molar-refractivity contribution in [2.75, 3.05) is 11.4 Å². The van der Waals surface area contributed by atoms with Gasteiger partial charge in [0.1, 0.15) is 5.82 Å². The van der Waals surface area contributed by atoms with Gasteiger partial charge in [-0.15, -0.1) is 0 Å². The highest BCUT2D eigenvalue weighted by Gasteiger charge is 2.32. The van der Waals surface area contributed by atoms with Crippen LogP contribution in [0.4, 0.5) is 10.2 Å². The molecule has 1 aromatic carbocycles. The molecule has 4 rings (SSSR count). The smallest absolute Gasteiger partial charge is 0.245 e. The van der Waals surface area contributed by atoms with Crippen molar-refractivity contribution >= 4 is 17.3 Å². The lowest BCUT2D eigenvalue weighted by atomic mass is 9.90. The van der Waals surface area contributed by atoms with E-state index in [4.69, 9.17) is 0 Å². The summed E-state index contributed by atoms with van der Waals surface area (Å²) in [4.78, 5) is 14.7. The molecule has 0 saturated carbocycles. The topological polar surface area (TPSA) is 50.2 Å². The number of anilines is 1. The van der Waals surface area contributed by atoms with Gasteiger partial charge in [0.25, 0.3) is 0 Å². The molecule has 2 aliphatic rings. The van der Waals surface area contributed by atoms with Crippen molar-refractivity contribution < 1.29 is 9.18 Å². The Labute approximate surface area is 158 Å². The number of aromatic nitrogens is 2. The monoisotopic (exact) mass is 368 g/mol. The van der Waals surface area contributed by atoms with E-state index in [0.717, 1.165) is 50.0 Å². The minimum atomic E-state index is -0.206. The van der Waals surface area contributed by atoms with Crippen LogP contribution in [0.3, 0.4) is 0 Å². The van der Waals surface area contributed by atoms with Crippen molar-refractivity contribution in [2.24, 2.45) is 7.05 Å². The summed E-state index contributed by atoms with van der Waals surface area (Å²) in [6.07, 6.45) is 8.74. The molecule has 1 N–H and O–H groups in total. The molecule has 0 radical (unpaired) electrons. The van der Waals surface area contributed by atoms with Gasteiger partial charge < -0.3 is 5.32 Å². The fourth-order valence-electron chi connectivity index (χ4n) is 4.00. The van der Waals surface area contributed by atoms with Gasteiger partial charge in [0.2, 0.25) is 5.91 Å². The van der Waals surface area contributed by atoms with Crippen molar-refractivity contribution in [3.8, 4) is 0 Å². The number of carbonyl (C=O) groups is 1. The summed E-state index contributed by atoms with van der Waals surface area (Å²) in [5, 5.41) is 7.94. The fraction of sp³-hybridized carbons (Fsp3) is 0.429. The van der Waals surface area contributed by atoms with Crippen LogP contribution in [0.25, 0.3) is 5.57 Å². The molecule has 2 heterocycles. The van der Waals surface area contributed by atoms with E-state index in [1.807, 2.05) is 31.4 Å². The van der Waals surface area contributed by atoms with E-state index in [1.54, 1.807) is 9.58 Å². The van der Waals surface area contributed by atoms with E-state index in [2.05, 4.69) is 16.5 Å². The van der Waals surface area contributed by atoms with Gasteiger partial charge in [0.15, 0.2) is 5.82 Å². The van der Waals surface area contributed by atoms with Crippen LogP contribution >= 0.6 is 0 Å². The van der Waals surface area contributed by atoms with Crippen LogP contribution in [0.5, 0.6) is 0 Å². The zero-order chi connectivity index (χ0) is 18.8. The molecule has 6 heteroatoms. The zero-order valence-electron chi connectivity index (χ0n) is 15.6. The predicted molar refractivity (Wildman–Crippen MR) is 104 cm³/mol. The number of rotatable bonds is 4. The molecule has 0 spiro atoms. The number of hydrogen-bond donors (Lipinski definition) is 1. The number of nitrogens with one attached hydrogen (secondary N) is 1. The first-order valence-corrected chi connectivity index (χ1v) is 9.62. The maximum Gasteiger partial charge on any atom is 0.245 e. The normalized spacial score (nSPS) is 23.4.